The molecule has 0 saturated carbocycles. The van der Waals surface area contributed by atoms with Gasteiger partial charge in [-0.1, -0.05) is 66.5 Å². The molecule has 0 aromatic heterocycles. The Hall–Kier alpha value is -2.14. The van der Waals surface area contributed by atoms with Gasteiger partial charge in [-0.25, -0.2) is 0 Å². The molecule has 2 atom stereocenters. The molecule has 0 fully saturated rings. The molecule has 2 N–H and O–H groups in total. The number of carbonyl (C=O) groups excluding carboxylic acids is 2. The molecule has 138 valence electrons. The molecule has 2 aromatic carbocycles. The maximum atomic E-state index is 12.7. The molecule has 2 amide bonds. The van der Waals surface area contributed by atoms with Crippen LogP contribution < -0.4 is 10.6 Å². The molecule has 0 aliphatic carbocycles. The van der Waals surface area contributed by atoms with Crippen LogP contribution >= 0.6 is 15.9 Å². The van der Waals surface area contributed by atoms with Gasteiger partial charge in [0.2, 0.25) is 11.8 Å². The first-order valence-electron chi connectivity index (χ1n) is 8.81. The summed E-state index contributed by atoms with van der Waals surface area (Å²) in [5.74, 6) is -0.425. The van der Waals surface area contributed by atoms with Crippen molar-refractivity contribution in [2.45, 2.75) is 33.1 Å². The summed E-state index contributed by atoms with van der Waals surface area (Å²) in [6.07, 6.45) is 0.886. The molecule has 0 aliphatic heterocycles. The standard InChI is InChI=1S/C21H25BrN2O2/c1-4-14(2)20(16-8-6-5-7-9-16)21(26)23-13-19(25)24-18-11-10-17(22)12-15(18)3/h5-12,14,20H,4,13H2,1-3H3,(H,23,26)(H,24,25). The lowest BCUT2D eigenvalue weighted by Crippen LogP contribution is -2.38. The molecule has 2 unspecified atom stereocenters. The van der Waals surface area contributed by atoms with Gasteiger partial charge in [0.1, 0.15) is 0 Å². The van der Waals surface area contributed by atoms with Crippen LogP contribution in [0, 0.1) is 12.8 Å². The van der Waals surface area contributed by atoms with E-state index in [2.05, 4.69) is 40.4 Å². The van der Waals surface area contributed by atoms with Crippen LogP contribution in [0.5, 0.6) is 0 Å². The zero-order valence-corrected chi connectivity index (χ0v) is 17.0. The molecule has 0 bridgehead atoms. The fourth-order valence-electron chi connectivity index (χ4n) is 2.87. The molecule has 2 aromatic rings. The maximum absolute atomic E-state index is 12.7. The second kappa shape index (κ2) is 9.53. The summed E-state index contributed by atoms with van der Waals surface area (Å²) >= 11 is 3.40. The topological polar surface area (TPSA) is 58.2 Å². The minimum Gasteiger partial charge on any atom is -0.346 e. The molecular formula is C21H25BrN2O2. The fourth-order valence-corrected chi connectivity index (χ4v) is 3.35. The first-order chi connectivity index (χ1) is 12.4. The number of anilines is 1. The quantitative estimate of drug-likeness (QED) is 0.690. The van der Waals surface area contributed by atoms with Gasteiger partial charge >= 0.3 is 0 Å². The van der Waals surface area contributed by atoms with E-state index in [0.717, 1.165) is 27.7 Å². The number of amides is 2. The lowest BCUT2D eigenvalue weighted by molar-refractivity contribution is -0.126. The van der Waals surface area contributed by atoms with Crippen LogP contribution in [0.2, 0.25) is 0 Å². The number of hydrogen-bond acceptors (Lipinski definition) is 2. The summed E-state index contributed by atoms with van der Waals surface area (Å²) in [5, 5.41) is 5.63. The molecule has 0 aliphatic rings. The third kappa shape index (κ3) is 5.43. The van der Waals surface area contributed by atoms with Gasteiger partial charge in [-0.05, 0) is 42.2 Å². The minimum atomic E-state index is -0.261. The van der Waals surface area contributed by atoms with Gasteiger partial charge in [0.15, 0.2) is 0 Å². The monoisotopic (exact) mass is 416 g/mol. The Kier molecular flexibility index (Phi) is 7.39. The van der Waals surface area contributed by atoms with Crippen LogP contribution in [0.1, 0.15) is 37.3 Å². The number of carbonyl (C=O) groups is 2. The second-order valence-corrected chi connectivity index (χ2v) is 7.41. The van der Waals surface area contributed by atoms with Gasteiger partial charge in [-0.2, -0.15) is 0 Å². The lowest BCUT2D eigenvalue weighted by Gasteiger charge is -2.22. The number of halogens is 1. The molecule has 4 nitrogen and oxygen atoms in total. The zero-order valence-electron chi connectivity index (χ0n) is 15.4. The highest BCUT2D eigenvalue weighted by Gasteiger charge is 2.25. The smallest absolute Gasteiger partial charge is 0.243 e. The van der Waals surface area contributed by atoms with E-state index >= 15 is 0 Å². The Morgan fingerprint density at radius 3 is 2.42 bits per heavy atom. The lowest BCUT2D eigenvalue weighted by atomic mass is 9.85. The average molecular weight is 417 g/mol. The van der Waals surface area contributed by atoms with Crippen LogP contribution in [0.15, 0.2) is 53.0 Å². The van der Waals surface area contributed by atoms with E-state index in [4.69, 9.17) is 0 Å². The van der Waals surface area contributed by atoms with E-state index in [1.165, 1.54) is 0 Å². The summed E-state index contributed by atoms with van der Waals surface area (Å²) in [7, 11) is 0. The van der Waals surface area contributed by atoms with Crippen LogP contribution in [-0.2, 0) is 9.59 Å². The first-order valence-corrected chi connectivity index (χ1v) is 9.60. The summed E-state index contributed by atoms with van der Waals surface area (Å²) in [5.41, 5.74) is 2.68. The number of nitrogens with one attached hydrogen (secondary N) is 2. The normalized spacial score (nSPS) is 12.9. The molecule has 5 heteroatoms. The van der Waals surface area contributed by atoms with Crippen LogP contribution in [0.4, 0.5) is 5.69 Å². The second-order valence-electron chi connectivity index (χ2n) is 6.50. The van der Waals surface area contributed by atoms with Crippen molar-refractivity contribution in [1.82, 2.24) is 5.32 Å². The number of rotatable bonds is 7. The Balaban J connectivity index is 1.99. The van der Waals surface area contributed by atoms with Crippen molar-refractivity contribution in [2.24, 2.45) is 5.92 Å². The van der Waals surface area contributed by atoms with E-state index in [1.807, 2.05) is 55.5 Å². The van der Waals surface area contributed by atoms with Crippen LogP contribution in [-0.4, -0.2) is 18.4 Å². The van der Waals surface area contributed by atoms with Gasteiger partial charge in [-0.15, -0.1) is 0 Å². The summed E-state index contributed by atoms with van der Waals surface area (Å²) in [6.45, 7) is 6.00. The van der Waals surface area contributed by atoms with E-state index in [9.17, 15) is 9.59 Å². The SMILES string of the molecule is CCC(C)C(C(=O)NCC(=O)Nc1ccc(Br)cc1C)c1ccccc1. The maximum Gasteiger partial charge on any atom is 0.243 e. The summed E-state index contributed by atoms with van der Waals surface area (Å²) in [4.78, 5) is 24.9. The molecule has 0 heterocycles. The van der Waals surface area contributed by atoms with Crippen molar-refractivity contribution in [2.75, 3.05) is 11.9 Å². The highest BCUT2D eigenvalue weighted by molar-refractivity contribution is 9.10. The molecule has 0 spiro atoms. The van der Waals surface area contributed by atoms with Crippen molar-refractivity contribution in [1.29, 1.82) is 0 Å². The molecule has 2 rings (SSSR count). The molecule has 0 radical (unpaired) electrons. The van der Waals surface area contributed by atoms with E-state index in [1.54, 1.807) is 0 Å². The predicted molar refractivity (Wildman–Crippen MR) is 109 cm³/mol. The zero-order chi connectivity index (χ0) is 19.1. The average Bonchev–Trinajstić information content (AvgIpc) is 2.63. The van der Waals surface area contributed by atoms with Gasteiger partial charge in [0.05, 0.1) is 12.5 Å². The highest BCUT2D eigenvalue weighted by atomic mass is 79.9. The van der Waals surface area contributed by atoms with Crippen LogP contribution in [0.25, 0.3) is 0 Å². The Bertz CT molecular complexity index is 762. The van der Waals surface area contributed by atoms with Crippen LogP contribution in [0.3, 0.4) is 0 Å². The highest BCUT2D eigenvalue weighted by Crippen LogP contribution is 2.27. The third-order valence-electron chi connectivity index (χ3n) is 4.54. The van der Waals surface area contributed by atoms with E-state index in [-0.39, 0.29) is 30.2 Å². The largest absolute Gasteiger partial charge is 0.346 e. The number of hydrogen-bond donors (Lipinski definition) is 2. The number of benzene rings is 2. The van der Waals surface area contributed by atoms with Crippen molar-refractivity contribution in [3.8, 4) is 0 Å². The van der Waals surface area contributed by atoms with Gasteiger partial charge < -0.3 is 10.6 Å². The summed E-state index contributed by atoms with van der Waals surface area (Å²) < 4.78 is 0.959. The van der Waals surface area contributed by atoms with Crippen molar-refractivity contribution < 1.29 is 9.59 Å². The summed E-state index contributed by atoms with van der Waals surface area (Å²) in [6, 6.07) is 15.4. The molecule has 0 saturated heterocycles. The Labute approximate surface area is 163 Å². The van der Waals surface area contributed by atoms with Crippen molar-refractivity contribution in [3.05, 3.63) is 64.1 Å². The number of aryl methyl sites for hydroxylation is 1. The third-order valence-corrected chi connectivity index (χ3v) is 5.03. The van der Waals surface area contributed by atoms with Gasteiger partial charge in [0.25, 0.3) is 0 Å². The Morgan fingerprint density at radius 1 is 1.12 bits per heavy atom. The molecule has 26 heavy (non-hydrogen) atoms. The molecular weight excluding hydrogens is 392 g/mol. The minimum absolute atomic E-state index is 0.0475. The van der Waals surface area contributed by atoms with Crippen molar-refractivity contribution >= 4 is 33.4 Å². The van der Waals surface area contributed by atoms with Gasteiger partial charge in [0, 0.05) is 10.2 Å². The Morgan fingerprint density at radius 2 is 1.81 bits per heavy atom. The fraction of sp³-hybridized carbons (Fsp3) is 0.333. The first kappa shape index (κ1) is 20.2. The predicted octanol–water partition coefficient (Wildman–Crippen LogP) is 4.64. The van der Waals surface area contributed by atoms with E-state index < -0.39 is 0 Å². The van der Waals surface area contributed by atoms with E-state index in [0.29, 0.717) is 0 Å². The van der Waals surface area contributed by atoms with Crippen molar-refractivity contribution in [3.63, 3.8) is 0 Å². The van der Waals surface area contributed by atoms with Gasteiger partial charge in [-0.3, -0.25) is 9.59 Å².